The van der Waals surface area contributed by atoms with Crippen LogP contribution in [0.1, 0.15) is 18.0 Å². The molecule has 2 aromatic carbocycles. The molecular formula is C21H20N4O5. The second-order valence-electron chi connectivity index (χ2n) is 7.63. The zero-order valence-corrected chi connectivity index (χ0v) is 16.3. The van der Waals surface area contributed by atoms with E-state index in [1.807, 2.05) is 29.3 Å². The minimum atomic E-state index is -0.617. The third kappa shape index (κ3) is 2.55. The molecular weight excluding hydrogens is 388 g/mol. The smallest absolute Gasteiger partial charge is 0.271 e. The second kappa shape index (κ2) is 6.89. The van der Waals surface area contributed by atoms with Crippen LogP contribution >= 0.6 is 0 Å². The van der Waals surface area contributed by atoms with Crippen molar-refractivity contribution >= 4 is 23.2 Å². The largest absolute Gasteiger partial charge is 0.496 e. The average molecular weight is 408 g/mol. The fourth-order valence-corrected chi connectivity index (χ4v) is 5.00. The number of amides is 2. The Morgan fingerprint density at radius 1 is 1.00 bits per heavy atom. The predicted molar refractivity (Wildman–Crippen MR) is 107 cm³/mol. The number of benzene rings is 2. The monoisotopic (exact) mass is 408 g/mol. The predicted octanol–water partition coefficient (Wildman–Crippen LogP) is 2.14. The van der Waals surface area contributed by atoms with Crippen LogP contribution in [0.3, 0.4) is 0 Å². The van der Waals surface area contributed by atoms with Crippen molar-refractivity contribution in [1.82, 2.24) is 10.0 Å². The van der Waals surface area contributed by atoms with Crippen LogP contribution in [-0.2, 0) is 9.59 Å². The van der Waals surface area contributed by atoms with Crippen molar-refractivity contribution in [2.24, 2.45) is 5.92 Å². The Balaban J connectivity index is 1.60. The normalized spacial score (nSPS) is 26.2. The van der Waals surface area contributed by atoms with E-state index in [1.54, 1.807) is 13.2 Å². The van der Waals surface area contributed by atoms with Gasteiger partial charge in [-0.15, -0.1) is 0 Å². The lowest BCUT2D eigenvalue weighted by Crippen LogP contribution is -2.44. The van der Waals surface area contributed by atoms with Crippen LogP contribution in [0.5, 0.6) is 5.75 Å². The summed E-state index contributed by atoms with van der Waals surface area (Å²) >= 11 is 0. The third-order valence-corrected chi connectivity index (χ3v) is 6.16. The van der Waals surface area contributed by atoms with Crippen molar-refractivity contribution < 1.29 is 19.2 Å². The fraction of sp³-hybridized carbons (Fsp3) is 0.333. The van der Waals surface area contributed by atoms with E-state index in [1.165, 1.54) is 18.2 Å². The molecule has 3 fully saturated rings. The number of rotatable bonds is 4. The number of non-ortho nitro benzene ring substituents is 1. The first-order valence-electron chi connectivity index (χ1n) is 9.81. The highest BCUT2D eigenvalue weighted by Gasteiger charge is 2.63. The van der Waals surface area contributed by atoms with Crippen molar-refractivity contribution in [1.29, 1.82) is 0 Å². The Hall–Kier alpha value is -3.30. The number of carbonyl (C=O) groups excluding carboxylic acids is 2. The Bertz CT molecular complexity index is 1060. The number of hydrogen-bond acceptors (Lipinski definition) is 7. The Labute approximate surface area is 172 Å². The Morgan fingerprint density at radius 2 is 1.73 bits per heavy atom. The van der Waals surface area contributed by atoms with Gasteiger partial charge in [-0.2, -0.15) is 0 Å². The topological polar surface area (TPSA) is 96.2 Å². The van der Waals surface area contributed by atoms with Gasteiger partial charge in [0, 0.05) is 30.8 Å². The molecule has 3 atom stereocenters. The van der Waals surface area contributed by atoms with Gasteiger partial charge in [0.2, 0.25) is 5.91 Å². The van der Waals surface area contributed by atoms with E-state index in [0.717, 1.165) is 23.4 Å². The van der Waals surface area contributed by atoms with Gasteiger partial charge in [-0.1, -0.05) is 24.3 Å². The number of ether oxygens (including phenoxy) is 1. The van der Waals surface area contributed by atoms with Gasteiger partial charge >= 0.3 is 0 Å². The summed E-state index contributed by atoms with van der Waals surface area (Å²) in [5.74, 6) is -0.608. The molecule has 3 saturated heterocycles. The van der Waals surface area contributed by atoms with Crippen molar-refractivity contribution in [3.63, 3.8) is 0 Å². The molecule has 9 nitrogen and oxygen atoms in total. The molecule has 5 rings (SSSR count). The molecule has 30 heavy (non-hydrogen) atoms. The minimum Gasteiger partial charge on any atom is -0.496 e. The number of fused-ring (bicyclic) bond motifs is 3. The van der Waals surface area contributed by atoms with E-state index in [0.29, 0.717) is 12.3 Å². The molecule has 0 radical (unpaired) electrons. The summed E-state index contributed by atoms with van der Waals surface area (Å²) in [6.45, 7) is 1.45. The summed E-state index contributed by atoms with van der Waals surface area (Å²) in [4.78, 5) is 38.7. The molecule has 0 aliphatic carbocycles. The van der Waals surface area contributed by atoms with E-state index in [2.05, 4.69) is 5.01 Å². The third-order valence-electron chi connectivity index (χ3n) is 6.16. The summed E-state index contributed by atoms with van der Waals surface area (Å²) in [6, 6.07) is 12.3. The Morgan fingerprint density at radius 3 is 2.47 bits per heavy atom. The van der Waals surface area contributed by atoms with Gasteiger partial charge in [0.15, 0.2) is 0 Å². The number of hydrogen-bond donors (Lipinski definition) is 0. The molecule has 154 valence electrons. The zero-order valence-electron chi connectivity index (χ0n) is 16.3. The van der Waals surface area contributed by atoms with Crippen molar-refractivity contribution in [3.8, 4) is 5.75 Å². The molecule has 2 amide bonds. The first-order chi connectivity index (χ1) is 14.5. The second-order valence-corrected chi connectivity index (χ2v) is 7.63. The fourth-order valence-electron chi connectivity index (χ4n) is 5.00. The number of methoxy groups -OCH3 is 1. The summed E-state index contributed by atoms with van der Waals surface area (Å²) in [6.07, 6.45) is 0.896. The Kier molecular flexibility index (Phi) is 4.30. The summed E-state index contributed by atoms with van der Waals surface area (Å²) in [7, 11) is 1.59. The van der Waals surface area contributed by atoms with Crippen molar-refractivity contribution in [3.05, 3.63) is 64.2 Å². The van der Waals surface area contributed by atoms with E-state index >= 15 is 0 Å². The molecule has 0 spiro atoms. The van der Waals surface area contributed by atoms with Crippen LogP contribution in [0.15, 0.2) is 48.5 Å². The quantitative estimate of drug-likeness (QED) is 0.434. The molecule has 0 bridgehead atoms. The van der Waals surface area contributed by atoms with Gasteiger partial charge in [-0.05, 0) is 18.6 Å². The highest BCUT2D eigenvalue weighted by Crippen LogP contribution is 2.50. The minimum absolute atomic E-state index is 0.158. The van der Waals surface area contributed by atoms with Crippen LogP contribution < -0.4 is 9.64 Å². The van der Waals surface area contributed by atoms with E-state index in [4.69, 9.17) is 4.74 Å². The van der Waals surface area contributed by atoms with Crippen LogP contribution in [0.25, 0.3) is 0 Å². The number of nitrogens with zero attached hydrogens (tertiary/aromatic N) is 4. The molecule has 0 aromatic heterocycles. The molecule has 0 unspecified atom stereocenters. The summed E-state index contributed by atoms with van der Waals surface area (Å²) < 4.78 is 5.54. The molecule has 0 saturated carbocycles. The number of carbonyl (C=O) groups is 2. The van der Waals surface area contributed by atoms with Gasteiger partial charge in [-0.25, -0.2) is 14.9 Å². The lowest BCUT2D eigenvalue weighted by molar-refractivity contribution is -0.384. The maximum atomic E-state index is 13.5. The first-order valence-corrected chi connectivity index (χ1v) is 9.81. The van der Waals surface area contributed by atoms with Crippen molar-refractivity contribution in [2.45, 2.75) is 18.5 Å². The van der Waals surface area contributed by atoms with Crippen LogP contribution in [-0.4, -0.2) is 53.0 Å². The maximum absolute atomic E-state index is 13.5. The molecule has 0 N–H and O–H groups in total. The van der Waals surface area contributed by atoms with E-state index in [-0.39, 0.29) is 29.2 Å². The van der Waals surface area contributed by atoms with Gasteiger partial charge in [0.05, 0.1) is 29.7 Å². The van der Waals surface area contributed by atoms with Gasteiger partial charge < -0.3 is 4.74 Å². The lowest BCUT2D eigenvalue weighted by atomic mass is 9.89. The van der Waals surface area contributed by atoms with E-state index < -0.39 is 16.9 Å². The number of hydrazine groups is 1. The molecule has 9 heteroatoms. The van der Waals surface area contributed by atoms with Crippen molar-refractivity contribution in [2.75, 3.05) is 25.1 Å². The maximum Gasteiger partial charge on any atom is 0.271 e. The van der Waals surface area contributed by atoms with E-state index in [9.17, 15) is 19.7 Å². The van der Waals surface area contributed by atoms with Crippen LogP contribution in [0, 0.1) is 16.0 Å². The van der Waals surface area contributed by atoms with Gasteiger partial charge in [0.1, 0.15) is 11.8 Å². The van der Waals surface area contributed by atoms with Crippen LogP contribution in [0.4, 0.5) is 11.4 Å². The first kappa shape index (κ1) is 18.7. The highest BCUT2D eigenvalue weighted by molar-refractivity contribution is 6.24. The molecule has 3 heterocycles. The molecule has 3 aliphatic heterocycles. The average Bonchev–Trinajstić information content (AvgIpc) is 3.40. The molecule has 2 aromatic rings. The number of nitro benzene ring substituents is 1. The number of para-hydroxylation sites is 1. The number of anilines is 1. The number of nitro groups is 1. The number of imide groups is 1. The highest BCUT2D eigenvalue weighted by atomic mass is 16.6. The van der Waals surface area contributed by atoms with Gasteiger partial charge in [0.25, 0.3) is 11.6 Å². The van der Waals surface area contributed by atoms with Gasteiger partial charge in [-0.3, -0.25) is 19.7 Å². The standard InChI is InChI=1S/C21H20N4O5/c1-30-16-9-3-2-8-15(16)18-17-19(23-11-5-10-22(18)23)21(27)24(20(17)26)13-6-4-7-14(12-13)25(28)29/h2-4,6-9,12,17-19H,5,10-11H2,1H3/t17-,18-,19-/m1/s1. The SMILES string of the molecule is COc1ccccc1[C@@H]1[C@H]2C(=O)N(c3cccc([N+](=O)[O-])c3)C(=O)[C@@H]2N2CCCN12. The van der Waals surface area contributed by atoms with Crippen LogP contribution in [0.2, 0.25) is 0 Å². The molecule has 3 aliphatic rings. The summed E-state index contributed by atoms with van der Waals surface area (Å²) in [5, 5.41) is 15.3. The zero-order chi connectivity index (χ0) is 21.0. The summed E-state index contributed by atoms with van der Waals surface area (Å²) in [5.41, 5.74) is 0.939. The lowest BCUT2D eigenvalue weighted by Gasteiger charge is -2.30.